The van der Waals surface area contributed by atoms with E-state index in [9.17, 15) is 4.79 Å². The molecule has 0 aromatic heterocycles. The molecule has 1 aromatic rings. The molecule has 0 aliphatic carbocycles. The summed E-state index contributed by atoms with van der Waals surface area (Å²) >= 11 is 0. The van der Waals surface area contributed by atoms with Crippen LogP contribution in [0.15, 0.2) is 30.3 Å². The third-order valence-electron chi connectivity index (χ3n) is 3.08. The van der Waals surface area contributed by atoms with Gasteiger partial charge in [-0.25, -0.2) is 0 Å². The molecule has 0 heterocycles. The Kier molecular flexibility index (Phi) is 6.44. The molecule has 0 spiro atoms. The quantitative estimate of drug-likeness (QED) is 0.755. The predicted octanol–water partition coefficient (Wildman–Crippen LogP) is 3.07. The largest absolute Gasteiger partial charge is 0.468 e. The first-order chi connectivity index (χ1) is 8.72. The highest BCUT2D eigenvalue weighted by molar-refractivity contribution is 5.75. The molecule has 0 aliphatic rings. The highest BCUT2D eigenvalue weighted by Crippen LogP contribution is 2.19. The van der Waals surface area contributed by atoms with Gasteiger partial charge in [-0.3, -0.25) is 10.1 Å². The average molecular weight is 249 g/mol. The van der Waals surface area contributed by atoms with Crippen LogP contribution in [0.2, 0.25) is 0 Å². The Balaban J connectivity index is 2.76. The van der Waals surface area contributed by atoms with Crippen LogP contribution in [-0.4, -0.2) is 19.1 Å². The van der Waals surface area contributed by atoms with Gasteiger partial charge in [-0.2, -0.15) is 0 Å². The lowest BCUT2D eigenvalue weighted by Crippen LogP contribution is -2.39. The Morgan fingerprint density at radius 2 is 1.94 bits per heavy atom. The summed E-state index contributed by atoms with van der Waals surface area (Å²) in [5.41, 5.74) is 1.22. The van der Waals surface area contributed by atoms with Gasteiger partial charge in [0, 0.05) is 6.04 Å². The molecule has 3 heteroatoms. The molecule has 0 radical (unpaired) electrons. The fraction of sp³-hybridized carbons (Fsp3) is 0.533. The monoisotopic (exact) mass is 249 g/mol. The second-order valence-electron chi connectivity index (χ2n) is 4.40. The summed E-state index contributed by atoms with van der Waals surface area (Å²) in [6.45, 7) is 4.14. The van der Waals surface area contributed by atoms with Gasteiger partial charge < -0.3 is 4.74 Å². The minimum Gasteiger partial charge on any atom is -0.468 e. The molecule has 3 nitrogen and oxygen atoms in total. The van der Waals surface area contributed by atoms with Crippen LogP contribution in [0, 0.1) is 0 Å². The normalized spacial score (nSPS) is 13.9. The molecule has 100 valence electrons. The fourth-order valence-corrected chi connectivity index (χ4v) is 2.06. The number of hydrogen-bond donors (Lipinski definition) is 1. The lowest BCUT2D eigenvalue weighted by atomic mass is 10.0. The van der Waals surface area contributed by atoms with Crippen molar-refractivity contribution in [2.45, 2.75) is 45.2 Å². The zero-order chi connectivity index (χ0) is 13.4. The van der Waals surface area contributed by atoms with E-state index in [0.717, 1.165) is 19.3 Å². The Bertz CT molecular complexity index is 351. The molecule has 0 saturated heterocycles. The van der Waals surface area contributed by atoms with Crippen LogP contribution in [-0.2, 0) is 9.53 Å². The molecule has 1 rings (SSSR count). The summed E-state index contributed by atoms with van der Waals surface area (Å²) < 4.78 is 4.82. The van der Waals surface area contributed by atoms with Gasteiger partial charge in [-0.05, 0) is 18.4 Å². The van der Waals surface area contributed by atoms with Crippen molar-refractivity contribution >= 4 is 5.97 Å². The van der Waals surface area contributed by atoms with Crippen molar-refractivity contribution in [1.29, 1.82) is 0 Å². The van der Waals surface area contributed by atoms with Crippen molar-refractivity contribution in [3.63, 3.8) is 0 Å². The van der Waals surface area contributed by atoms with E-state index in [1.807, 2.05) is 25.1 Å². The summed E-state index contributed by atoms with van der Waals surface area (Å²) in [5.74, 6) is -0.186. The van der Waals surface area contributed by atoms with Crippen LogP contribution in [0.3, 0.4) is 0 Å². The van der Waals surface area contributed by atoms with Crippen molar-refractivity contribution in [2.24, 2.45) is 0 Å². The number of methoxy groups -OCH3 is 1. The Morgan fingerprint density at radius 1 is 1.28 bits per heavy atom. The molecule has 0 saturated carbocycles. The van der Waals surface area contributed by atoms with Gasteiger partial charge >= 0.3 is 5.97 Å². The Hall–Kier alpha value is -1.35. The van der Waals surface area contributed by atoms with Gasteiger partial charge in [0.15, 0.2) is 0 Å². The standard InChI is InChI=1S/C15H23NO2/c1-4-9-14(12-10-7-6-8-11-12)16-13(5-2)15(17)18-3/h6-8,10-11,13-14,16H,4-5,9H2,1-3H3. The number of carbonyl (C=O) groups is 1. The first-order valence-electron chi connectivity index (χ1n) is 6.61. The average Bonchev–Trinajstić information content (AvgIpc) is 2.43. The molecule has 0 amide bonds. The van der Waals surface area contributed by atoms with Crippen molar-refractivity contribution in [3.05, 3.63) is 35.9 Å². The fourth-order valence-electron chi connectivity index (χ4n) is 2.06. The number of rotatable bonds is 7. The van der Waals surface area contributed by atoms with Crippen molar-refractivity contribution in [3.8, 4) is 0 Å². The summed E-state index contributed by atoms with van der Waals surface area (Å²) in [6, 6.07) is 10.2. The SMILES string of the molecule is CCCC(NC(CC)C(=O)OC)c1ccccc1. The van der Waals surface area contributed by atoms with E-state index in [4.69, 9.17) is 4.74 Å². The number of benzene rings is 1. The van der Waals surface area contributed by atoms with Crippen LogP contribution in [0.1, 0.15) is 44.7 Å². The van der Waals surface area contributed by atoms with Gasteiger partial charge in [0.2, 0.25) is 0 Å². The van der Waals surface area contributed by atoms with Gasteiger partial charge in [0.1, 0.15) is 6.04 Å². The van der Waals surface area contributed by atoms with Crippen molar-refractivity contribution < 1.29 is 9.53 Å². The molecular formula is C15H23NO2. The van der Waals surface area contributed by atoms with E-state index < -0.39 is 0 Å². The summed E-state index contributed by atoms with van der Waals surface area (Å²) in [7, 11) is 1.43. The first-order valence-corrected chi connectivity index (χ1v) is 6.61. The number of carbonyl (C=O) groups excluding carboxylic acids is 1. The molecule has 1 aromatic carbocycles. The molecular weight excluding hydrogens is 226 g/mol. The molecule has 18 heavy (non-hydrogen) atoms. The van der Waals surface area contributed by atoms with Crippen LogP contribution in [0.5, 0.6) is 0 Å². The molecule has 2 unspecified atom stereocenters. The predicted molar refractivity (Wildman–Crippen MR) is 73.3 cm³/mol. The van der Waals surface area contributed by atoms with E-state index in [-0.39, 0.29) is 18.1 Å². The van der Waals surface area contributed by atoms with E-state index in [1.54, 1.807) is 0 Å². The maximum atomic E-state index is 11.6. The third kappa shape index (κ3) is 4.15. The van der Waals surface area contributed by atoms with Crippen LogP contribution >= 0.6 is 0 Å². The molecule has 2 atom stereocenters. The molecule has 0 fully saturated rings. The minimum absolute atomic E-state index is 0.186. The van der Waals surface area contributed by atoms with Crippen LogP contribution < -0.4 is 5.32 Å². The lowest BCUT2D eigenvalue weighted by molar-refractivity contribution is -0.143. The van der Waals surface area contributed by atoms with Gasteiger partial charge in [-0.1, -0.05) is 50.6 Å². The zero-order valence-electron chi connectivity index (χ0n) is 11.5. The Morgan fingerprint density at radius 3 is 2.44 bits per heavy atom. The molecule has 0 aliphatic heterocycles. The van der Waals surface area contributed by atoms with Crippen LogP contribution in [0.25, 0.3) is 0 Å². The highest BCUT2D eigenvalue weighted by Gasteiger charge is 2.21. The van der Waals surface area contributed by atoms with E-state index in [1.165, 1.54) is 12.7 Å². The smallest absolute Gasteiger partial charge is 0.322 e. The number of nitrogens with one attached hydrogen (secondary N) is 1. The number of esters is 1. The number of ether oxygens (including phenoxy) is 1. The number of hydrogen-bond acceptors (Lipinski definition) is 3. The van der Waals surface area contributed by atoms with Gasteiger partial charge in [0.25, 0.3) is 0 Å². The summed E-state index contributed by atoms with van der Waals surface area (Å²) in [6.07, 6.45) is 2.82. The first kappa shape index (κ1) is 14.7. The third-order valence-corrected chi connectivity index (χ3v) is 3.08. The molecule has 1 N–H and O–H groups in total. The van der Waals surface area contributed by atoms with Crippen molar-refractivity contribution in [2.75, 3.05) is 7.11 Å². The zero-order valence-corrected chi connectivity index (χ0v) is 11.5. The van der Waals surface area contributed by atoms with Crippen LogP contribution in [0.4, 0.5) is 0 Å². The topological polar surface area (TPSA) is 38.3 Å². The van der Waals surface area contributed by atoms with E-state index >= 15 is 0 Å². The van der Waals surface area contributed by atoms with Gasteiger partial charge in [0.05, 0.1) is 7.11 Å². The summed E-state index contributed by atoms with van der Waals surface area (Å²) in [5, 5.41) is 3.40. The lowest BCUT2D eigenvalue weighted by Gasteiger charge is -2.23. The maximum Gasteiger partial charge on any atom is 0.322 e. The molecule has 0 bridgehead atoms. The second-order valence-corrected chi connectivity index (χ2v) is 4.40. The van der Waals surface area contributed by atoms with Crippen molar-refractivity contribution in [1.82, 2.24) is 5.32 Å². The maximum absolute atomic E-state index is 11.6. The highest BCUT2D eigenvalue weighted by atomic mass is 16.5. The second kappa shape index (κ2) is 7.88. The van der Waals surface area contributed by atoms with E-state index in [2.05, 4.69) is 24.4 Å². The Labute approximate surface area is 110 Å². The summed E-state index contributed by atoms with van der Waals surface area (Å²) in [4.78, 5) is 11.6. The van der Waals surface area contributed by atoms with Gasteiger partial charge in [-0.15, -0.1) is 0 Å². The minimum atomic E-state index is -0.230. The van der Waals surface area contributed by atoms with E-state index in [0.29, 0.717) is 0 Å².